The second-order valence-corrected chi connectivity index (χ2v) is 6.91. The van der Waals surface area contributed by atoms with Crippen molar-refractivity contribution >= 4 is 17.5 Å². The maximum absolute atomic E-state index is 12.7. The number of benzene rings is 1. The molecule has 0 spiro atoms. The molecule has 1 fully saturated rings. The monoisotopic (exact) mass is 355 g/mol. The van der Waals surface area contributed by atoms with Gasteiger partial charge in [-0.1, -0.05) is 32.9 Å². The molecule has 1 unspecified atom stereocenters. The van der Waals surface area contributed by atoms with E-state index in [1.54, 1.807) is 4.90 Å². The number of carbonyl (C=O) groups is 2. The van der Waals surface area contributed by atoms with E-state index in [1.807, 2.05) is 45.0 Å². The van der Waals surface area contributed by atoms with E-state index in [0.29, 0.717) is 37.4 Å². The Morgan fingerprint density at radius 1 is 1.35 bits per heavy atom. The van der Waals surface area contributed by atoms with Crippen molar-refractivity contribution in [1.82, 2.24) is 20.1 Å². The number of carbonyl (C=O) groups excluding carboxylic acids is 2. The molecule has 1 aromatic carbocycles. The number of rotatable bonds is 5. The van der Waals surface area contributed by atoms with E-state index in [1.165, 1.54) is 0 Å². The minimum Gasteiger partial charge on any atom is -0.342 e. The number of para-hydroxylation sites is 1. The molecule has 1 aromatic heterocycles. The largest absolute Gasteiger partial charge is 0.342 e. The van der Waals surface area contributed by atoms with Crippen LogP contribution < -0.4 is 5.32 Å². The van der Waals surface area contributed by atoms with Crippen LogP contribution in [0.1, 0.15) is 45.4 Å². The zero-order chi connectivity index (χ0) is 18.7. The molecule has 1 aliphatic heterocycles. The van der Waals surface area contributed by atoms with Crippen molar-refractivity contribution in [2.75, 3.05) is 18.4 Å². The molecule has 3 rings (SSSR count). The molecule has 138 valence electrons. The molecule has 2 aromatic rings. The molecule has 0 aliphatic carbocycles. The summed E-state index contributed by atoms with van der Waals surface area (Å²) in [7, 11) is 0. The Morgan fingerprint density at radius 2 is 2.12 bits per heavy atom. The molecule has 0 bridgehead atoms. The van der Waals surface area contributed by atoms with Gasteiger partial charge in [-0.3, -0.25) is 14.7 Å². The highest BCUT2D eigenvalue weighted by molar-refractivity contribution is 5.96. The van der Waals surface area contributed by atoms with Gasteiger partial charge in [-0.2, -0.15) is 5.10 Å². The molecule has 1 aliphatic rings. The average Bonchev–Trinajstić information content (AvgIpc) is 3.31. The van der Waals surface area contributed by atoms with Crippen molar-refractivity contribution in [3.63, 3.8) is 0 Å². The Hall–Kier alpha value is -2.70. The van der Waals surface area contributed by atoms with Gasteiger partial charge in [0, 0.05) is 31.0 Å². The van der Waals surface area contributed by atoms with Gasteiger partial charge in [-0.25, -0.2) is 4.98 Å². The van der Waals surface area contributed by atoms with E-state index in [-0.39, 0.29) is 23.7 Å². The maximum atomic E-state index is 12.7. The lowest BCUT2D eigenvalue weighted by atomic mass is 10.1. The van der Waals surface area contributed by atoms with Crippen molar-refractivity contribution in [1.29, 1.82) is 0 Å². The SMILES string of the molecule is CCC(=O)N1CCC(C(=O)Nc2ccccc2-c2n[nH]c(C(C)C)n2)C1. The van der Waals surface area contributed by atoms with Crippen LogP contribution in [0.15, 0.2) is 24.3 Å². The smallest absolute Gasteiger partial charge is 0.229 e. The van der Waals surface area contributed by atoms with Crippen LogP contribution in [-0.2, 0) is 9.59 Å². The van der Waals surface area contributed by atoms with Gasteiger partial charge >= 0.3 is 0 Å². The van der Waals surface area contributed by atoms with Crippen molar-refractivity contribution in [2.45, 2.75) is 39.5 Å². The van der Waals surface area contributed by atoms with E-state index in [9.17, 15) is 9.59 Å². The van der Waals surface area contributed by atoms with Crippen molar-refractivity contribution < 1.29 is 9.59 Å². The van der Waals surface area contributed by atoms with Gasteiger partial charge in [0.25, 0.3) is 0 Å². The van der Waals surface area contributed by atoms with Gasteiger partial charge < -0.3 is 10.2 Å². The molecular formula is C19H25N5O2. The fourth-order valence-corrected chi connectivity index (χ4v) is 3.10. The van der Waals surface area contributed by atoms with Crippen LogP contribution in [0.5, 0.6) is 0 Å². The molecule has 26 heavy (non-hydrogen) atoms. The lowest BCUT2D eigenvalue weighted by Gasteiger charge is -2.16. The summed E-state index contributed by atoms with van der Waals surface area (Å²) in [6.45, 7) is 7.06. The van der Waals surface area contributed by atoms with E-state index in [2.05, 4.69) is 20.5 Å². The third-order valence-corrected chi connectivity index (χ3v) is 4.69. The Morgan fingerprint density at radius 3 is 2.81 bits per heavy atom. The normalized spacial score (nSPS) is 16.9. The van der Waals surface area contributed by atoms with E-state index in [0.717, 1.165) is 11.4 Å². The van der Waals surface area contributed by atoms with Crippen LogP contribution in [0.3, 0.4) is 0 Å². The summed E-state index contributed by atoms with van der Waals surface area (Å²) in [5, 5.41) is 10.2. The number of aromatic amines is 1. The van der Waals surface area contributed by atoms with Crippen LogP contribution in [-0.4, -0.2) is 45.0 Å². The van der Waals surface area contributed by atoms with Crippen LogP contribution in [0.4, 0.5) is 5.69 Å². The van der Waals surface area contributed by atoms with Crippen LogP contribution >= 0.6 is 0 Å². The summed E-state index contributed by atoms with van der Waals surface area (Å²) in [5.41, 5.74) is 1.47. The first-order valence-corrected chi connectivity index (χ1v) is 9.10. The first-order chi connectivity index (χ1) is 12.5. The minimum atomic E-state index is -0.183. The predicted octanol–water partition coefficient (Wildman–Crippen LogP) is 2.79. The van der Waals surface area contributed by atoms with Gasteiger partial charge in [0.2, 0.25) is 11.8 Å². The highest BCUT2D eigenvalue weighted by Crippen LogP contribution is 2.27. The molecule has 1 atom stereocenters. The minimum absolute atomic E-state index is 0.0662. The van der Waals surface area contributed by atoms with Gasteiger partial charge in [0.1, 0.15) is 5.82 Å². The molecule has 2 heterocycles. The molecule has 0 radical (unpaired) electrons. The van der Waals surface area contributed by atoms with Gasteiger partial charge in [0.05, 0.1) is 11.6 Å². The average molecular weight is 355 g/mol. The van der Waals surface area contributed by atoms with E-state index >= 15 is 0 Å². The first-order valence-electron chi connectivity index (χ1n) is 9.10. The number of hydrogen-bond donors (Lipinski definition) is 2. The highest BCUT2D eigenvalue weighted by atomic mass is 16.2. The maximum Gasteiger partial charge on any atom is 0.229 e. The second kappa shape index (κ2) is 7.68. The fraction of sp³-hybridized carbons (Fsp3) is 0.474. The van der Waals surface area contributed by atoms with E-state index < -0.39 is 0 Å². The Labute approximate surface area is 153 Å². The predicted molar refractivity (Wildman–Crippen MR) is 99.5 cm³/mol. The van der Waals surface area contributed by atoms with Crippen molar-refractivity contribution in [3.8, 4) is 11.4 Å². The van der Waals surface area contributed by atoms with Crippen molar-refractivity contribution in [2.24, 2.45) is 5.92 Å². The molecule has 2 N–H and O–H groups in total. The summed E-state index contributed by atoms with van der Waals surface area (Å²) in [4.78, 5) is 30.8. The topological polar surface area (TPSA) is 91.0 Å². The second-order valence-electron chi connectivity index (χ2n) is 6.91. The Kier molecular flexibility index (Phi) is 5.35. The lowest BCUT2D eigenvalue weighted by molar-refractivity contribution is -0.130. The molecule has 7 heteroatoms. The number of amides is 2. The lowest BCUT2D eigenvalue weighted by Crippen LogP contribution is -2.31. The molecule has 0 saturated carbocycles. The van der Waals surface area contributed by atoms with Crippen LogP contribution in [0, 0.1) is 5.92 Å². The summed E-state index contributed by atoms with van der Waals surface area (Å²) < 4.78 is 0. The number of nitrogens with one attached hydrogen (secondary N) is 2. The highest BCUT2D eigenvalue weighted by Gasteiger charge is 2.30. The number of aromatic nitrogens is 3. The number of nitrogens with zero attached hydrogens (tertiary/aromatic N) is 3. The molecule has 1 saturated heterocycles. The molecular weight excluding hydrogens is 330 g/mol. The van der Waals surface area contributed by atoms with Crippen LogP contribution in [0.2, 0.25) is 0 Å². The zero-order valence-electron chi connectivity index (χ0n) is 15.5. The quantitative estimate of drug-likeness (QED) is 0.863. The summed E-state index contributed by atoms with van der Waals surface area (Å²) in [6, 6.07) is 7.51. The fourth-order valence-electron chi connectivity index (χ4n) is 3.10. The number of anilines is 1. The first kappa shape index (κ1) is 18.1. The third-order valence-electron chi connectivity index (χ3n) is 4.69. The number of H-pyrrole nitrogens is 1. The summed E-state index contributed by atoms with van der Waals surface area (Å²) >= 11 is 0. The van der Waals surface area contributed by atoms with Gasteiger partial charge in [0.15, 0.2) is 5.82 Å². The zero-order valence-corrected chi connectivity index (χ0v) is 15.5. The molecule has 7 nitrogen and oxygen atoms in total. The van der Waals surface area contributed by atoms with Crippen LogP contribution in [0.25, 0.3) is 11.4 Å². The van der Waals surface area contributed by atoms with Crippen molar-refractivity contribution in [3.05, 3.63) is 30.1 Å². The standard InChI is InChI=1S/C19H25N5O2/c1-4-16(25)24-10-9-13(11-24)19(26)20-15-8-6-5-7-14(15)18-21-17(12(2)3)22-23-18/h5-8,12-13H,4,9-11H2,1-3H3,(H,20,26)(H,21,22,23). The Balaban J connectivity index is 1.74. The van der Waals surface area contributed by atoms with Gasteiger partial charge in [-0.15, -0.1) is 0 Å². The van der Waals surface area contributed by atoms with E-state index in [4.69, 9.17) is 0 Å². The van der Waals surface area contributed by atoms with Gasteiger partial charge in [-0.05, 0) is 18.6 Å². The summed E-state index contributed by atoms with van der Waals surface area (Å²) in [6.07, 6.45) is 1.16. The summed E-state index contributed by atoms with van der Waals surface area (Å²) in [5.74, 6) is 1.48. The molecule has 2 amide bonds. The Bertz CT molecular complexity index is 799. The third kappa shape index (κ3) is 3.76. The number of likely N-dealkylation sites (tertiary alicyclic amines) is 1. The number of hydrogen-bond acceptors (Lipinski definition) is 4.